The van der Waals surface area contributed by atoms with Gasteiger partial charge < -0.3 is 23.8 Å². The van der Waals surface area contributed by atoms with Gasteiger partial charge in [0.05, 0.1) is 24.9 Å². The van der Waals surface area contributed by atoms with E-state index in [2.05, 4.69) is 11.0 Å². The lowest BCUT2D eigenvalue weighted by atomic mass is 10.1. The molecule has 1 atom stereocenters. The fraction of sp³-hybridized carbons (Fsp3) is 0.440. The second kappa shape index (κ2) is 10.6. The number of carbonyl (C=O) groups is 1. The molecular weight excluding hydrogens is 408 g/mol. The molecule has 0 aliphatic carbocycles. The molecule has 2 aromatic rings. The Bertz CT molecular complexity index is 957. The van der Waals surface area contributed by atoms with Crippen LogP contribution in [-0.2, 0) is 14.2 Å². The van der Waals surface area contributed by atoms with Crippen LogP contribution in [-0.4, -0.2) is 51.1 Å². The molecule has 0 spiro atoms. The first-order valence-corrected chi connectivity index (χ1v) is 11.0. The Morgan fingerprint density at radius 2 is 1.91 bits per heavy atom. The Morgan fingerprint density at radius 1 is 1.12 bits per heavy atom. The number of carbonyl (C=O) groups excluding carboxylic acids is 1. The molecule has 1 unspecified atom stereocenters. The molecule has 2 fully saturated rings. The van der Waals surface area contributed by atoms with Crippen LogP contribution in [0.1, 0.15) is 42.1 Å². The van der Waals surface area contributed by atoms with Gasteiger partial charge in [-0.05, 0) is 68.7 Å². The predicted molar refractivity (Wildman–Crippen MR) is 119 cm³/mol. The number of nitrogens with zero attached hydrogens (tertiary/aromatic N) is 2. The fourth-order valence-corrected chi connectivity index (χ4v) is 3.76. The summed E-state index contributed by atoms with van der Waals surface area (Å²) in [6.45, 7) is 5.08. The summed E-state index contributed by atoms with van der Waals surface area (Å²) in [6.07, 6.45) is 3.39. The molecule has 2 saturated heterocycles. The van der Waals surface area contributed by atoms with E-state index in [1.54, 1.807) is 18.2 Å². The van der Waals surface area contributed by atoms with Crippen LogP contribution in [0.4, 0.5) is 5.69 Å². The molecule has 2 aromatic carbocycles. The summed E-state index contributed by atoms with van der Waals surface area (Å²) in [6, 6.07) is 14.6. The number of ketones is 1. The zero-order chi connectivity index (χ0) is 22.3. The highest BCUT2D eigenvalue weighted by atomic mass is 16.7. The summed E-state index contributed by atoms with van der Waals surface area (Å²) >= 11 is 0. The number of Topliss-reactive ketones (excluding diaryl/α,β-unsaturated/α-hetero) is 1. The third-order valence-corrected chi connectivity index (χ3v) is 5.66. The Hall–Kier alpha value is -2.92. The number of anilines is 1. The minimum Gasteiger partial charge on any atom is -0.456 e. The molecule has 7 heteroatoms. The summed E-state index contributed by atoms with van der Waals surface area (Å²) in [5.74, 6) is 0.922. The number of ether oxygens (including phenoxy) is 4. The van der Waals surface area contributed by atoms with Gasteiger partial charge in [0.2, 0.25) is 0 Å². The minimum absolute atomic E-state index is 0.0693. The fourth-order valence-electron chi connectivity index (χ4n) is 3.76. The average molecular weight is 437 g/mol. The highest BCUT2D eigenvalue weighted by molar-refractivity contribution is 5.94. The zero-order valence-electron chi connectivity index (χ0n) is 18.3. The molecule has 0 radical (unpaired) electrons. The molecule has 7 nitrogen and oxygen atoms in total. The van der Waals surface area contributed by atoms with E-state index >= 15 is 0 Å². The van der Waals surface area contributed by atoms with E-state index < -0.39 is 0 Å². The highest BCUT2D eigenvalue weighted by Gasteiger charge is 2.27. The first kappa shape index (κ1) is 22.3. The molecule has 0 N–H and O–H groups in total. The van der Waals surface area contributed by atoms with Crippen LogP contribution in [0.2, 0.25) is 0 Å². The molecule has 0 amide bonds. The van der Waals surface area contributed by atoms with Crippen LogP contribution in [0.25, 0.3) is 0 Å². The Balaban J connectivity index is 1.22. The van der Waals surface area contributed by atoms with E-state index in [0.29, 0.717) is 35.8 Å². The second-order valence-electron chi connectivity index (χ2n) is 8.04. The third kappa shape index (κ3) is 5.65. The maximum absolute atomic E-state index is 11.6. The molecule has 4 rings (SSSR count). The summed E-state index contributed by atoms with van der Waals surface area (Å²) in [5.41, 5.74) is 1.99. The van der Waals surface area contributed by atoms with Crippen molar-refractivity contribution >= 4 is 11.5 Å². The van der Waals surface area contributed by atoms with Crippen LogP contribution in [0.5, 0.6) is 11.5 Å². The van der Waals surface area contributed by atoms with Crippen LogP contribution in [0.15, 0.2) is 42.5 Å². The van der Waals surface area contributed by atoms with Crippen molar-refractivity contribution in [2.75, 3.05) is 37.8 Å². The Kier molecular flexibility index (Phi) is 7.38. The van der Waals surface area contributed by atoms with Gasteiger partial charge in [0.15, 0.2) is 12.1 Å². The lowest BCUT2D eigenvalue weighted by Gasteiger charge is -2.40. The zero-order valence-corrected chi connectivity index (χ0v) is 18.3. The number of hydrogen-bond acceptors (Lipinski definition) is 7. The highest BCUT2D eigenvalue weighted by Crippen LogP contribution is 2.30. The molecule has 2 heterocycles. The SMILES string of the molecule is CC(=O)c1ccc(C#N)c(Oc2ccc(N3CC(OCCOC4CCCCO4)C3)cc2)c1. The van der Waals surface area contributed by atoms with E-state index in [1.165, 1.54) is 6.92 Å². The van der Waals surface area contributed by atoms with Crippen molar-refractivity contribution in [3.05, 3.63) is 53.6 Å². The summed E-state index contributed by atoms with van der Waals surface area (Å²) in [4.78, 5) is 13.9. The van der Waals surface area contributed by atoms with E-state index in [0.717, 1.165) is 44.6 Å². The summed E-state index contributed by atoms with van der Waals surface area (Å²) in [7, 11) is 0. The molecule has 0 saturated carbocycles. The van der Waals surface area contributed by atoms with Crippen molar-refractivity contribution in [3.63, 3.8) is 0 Å². The topological polar surface area (TPSA) is 81.0 Å². The molecule has 0 aromatic heterocycles. The lowest BCUT2D eigenvalue weighted by molar-refractivity contribution is -0.171. The smallest absolute Gasteiger partial charge is 0.159 e. The normalized spacial score (nSPS) is 18.6. The van der Waals surface area contributed by atoms with E-state index in [9.17, 15) is 10.1 Å². The maximum atomic E-state index is 11.6. The van der Waals surface area contributed by atoms with Crippen molar-refractivity contribution in [1.82, 2.24) is 0 Å². The van der Waals surface area contributed by atoms with Gasteiger partial charge in [0.1, 0.15) is 17.6 Å². The van der Waals surface area contributed by atoms with Crippen molar-refractivity contribution in [3.8, 4) is 17.6 Å². The van der Waals surface area contributed by atoms with Crippen molar-refractivity contribution in [2.24, 2.45) is 0 Å². The van der Waals surface area contributed by atoms with E-state index in [4.69, 9.17) is 18.9 Å². The number of benzene rings is 2. The molecule has 0 bridgehead atoms. The molecule has 168 valence electrons. The number of hydrogen-bond donors (Lipinski definition) is 0. The van der Waals surface area contributed by atoms with Crippen molar-refractivity contribution in [2.45, 2.75) is 38.6 Å². The van der Waals surface area contributed by atoms with Crippen molar-refractivity contribution < 1.29 is 23.7 Å². The van der Waals surface area contributed by atoms with Gasteiger partial charge in [-0.2, -0.15) is 5.26 Å². The monoisotopic (exact) mass is 436 g/mol. The van der Waals surface area contributed by atoms with Gasteiger partial charge in [-0.15, -0.1) is 0 Å². The predicted octanol–water partition coefficient (Wildman–Crippen LogP) is 4.30. The number of rotatable bonds is 9. The van der Waals surface area contributed by atoms with Gasteiger partial charge in [-0.1, -0.05) is 0 Å². The van der Waals surface area contributed by atoms with Gasteiger partial charge in [-0.3, -0.25) is 4.79 Å². The average Bonchev–Trinajstić information content (AvgIpc) is 2.79. The molecule has 2 aliphatic rings. The van der Waals surface area contributed by atoms with Crippen LogP contribution in [0.3, 0.4) is 0 Å². The van der Waals surface area contributed by atoms with E-state index in [1.807, 2.05) is 24.3 Å². The Labute approximate surface area is 188 Å². The van der Waals surface area contributed by atoms with Crippen LogP contribution < -0.4 is 9.64 Å². The summed E-state index contributed by atoms with van der Waals surface area (Å²) in [5, 5.41) is 9.30. The van der Waals surface area contributed by atoms with Gasteiger partial charge in [0.25, 0.3) is 0 Å². The lowest BCUT2D eigenvalue weighted by Crippen LogP contribution is -2.52. The number of nitriles is 1. The molecule has 2 aliphatic heterocycles. The second-order valence-corrected chi connectivity index (χ2v) is 8.04. The molecule has 32 heavy (non-hydrogen) atoms. The van der Waals surface area contributed by atoms with E-state index in [-0.39, 0.29) is 18.2 Å². The maximum Gasteiger partial charge on any atom is 0.159 e. The van der Waals surface area contributed by atoms with Gasteiger partial charge >= 0.3 is 0 Å². The molecular formula is C25H28N2O5. The first-order chi connectivity index (χ1) is 15.6. The quantitative estimate of drug-likeness (QED) is 0.428. The first-order valence-electron chi connectivity index (χ1n) is 11.0. The van der Waals surface area contributed by atoms with Crippen molar-refractivity contribution in [1.29, 1.82) is 5.26 Å². The van der Waals surface area contributed by atoms with Crippen LogP contribution in [0, 0.1) is 11.3 Å². The largest absolute Gasteiger partial charge is 0.456 e. The Morgan fingerprint density at radius 3 is 2.59 bits per heavy atom. The standard InChI is InChI=1S/C25H28N2O5/c1-18(28)19-5-6-20(15-26)24(14-19)32-22-9-7-21(8-10-22)27-16-23(17-27)29-12-13-31-25-4-2-3-11-30-25/h5-10,14,23,25H,2-4,11-13,16-17H2,1H3. The van der Waals surface area contributed by atoms with Gasteiger partial charge in [0, 0.05) is 30.9 Å². The minimum atomic E-state index is -0.0712. The van der Waals surface area contributed by atoms with Gasteiger partial charge in [-0.25, -0.2) is 0 Å². The summed E-state index contributed by atoms with van der Waals surface area (Å²) < 4.78 is 23.0. The third-order valence-electron chi connectivity index (χ3n) is 5.66. The van der Waals surface area contributed by atoms with Crippen LogP contribution >= 0.6 is 0 Å².